The molecular formula is C17H20BrNO2. The van der Waals surface area contributed by atoms with Crippen LogP contribution in [0.2, 0.25) is 0 Å². The van der Waals surface area contributed by atoms with Crippen LogP contribution in [0.25, 0.3) is 0 Å². The van der Waals surface area contributed by atoms with E-state index >= 15 is 0 Å². The Morgan fingerprint density at radius 1 is 1.14 bits per heavy atom. The Morgan fingerprint density at radius 3 is 2.57 bits per heavy atom. The first kappa shape index (κ1) is 15.7. The Morgan fingerprint density at radius 2 is 1.90 bits per heavy atom. The fourth-order valence-corrected chi connectivity index (χ4v) is 2.53. The molecule has 0 atom stereocenters. The highest BCUT2D eigenvalue weighted by atomic mass is 79.9. The van der Waals surface area contributed by atoms with Crippen LogP contribution in [-0.4, -0.2) is 7.11 Å². The zero-order valence-corrected chi connectivity index (χ0v) is 14.1. The van der Waals surface area contributed by atoms with Crippen LogP contribution in [-0.2, 0) is 6.61 Å². The van der Waals surface area contributed by atoms with Crippen molar-refractivity contribution < 1.29 is 9.47 Å². The number of nitrogens with two attached hydrogens (primary N) is 1. The molecule has 0 heterocycles. The zero-order chi connectivity index (χ0) is 15.4. The molecule has 4 heteroatoms. The van der Waals surface area contributed by atoms with Crippen LogP contribution in [0.15, 0.2) is 40.9 Å². The van der Waals surface area contributed by atoms with Crippen LogP contribution in [0.5, 0.6) is 11.5 Å². The van der Waals surface area contributed by atoms with E-state index < -0.39 is 0 Å². The Balaban J connectivity index is 2.18. The number of methoxy groups -OCH3 is 1. The summed E-state index contributed by atoms with van der Waals surface area (Å²) in [4.78, 5) is 0. The summed E-state index contributed by atoms with van der Waals surface area (Å²) in [5, 5.41) is 0. The molecular weight excluding hydrogens is 330 g/mol. The van der Waals surface area contributed by atoms with Crippen LogP contribution in [0.1, 0.15) is 30.9 Å². The van der Waals surface area contributed by atoms with Crippen LogP contribution >= 0.6 is 15.9 Å². The maximum Gasteiger partial charge on any atom is 0.123 e. The molecule has 112 valence electrons. The lowest BCUT2D eigenvalue weighted by Gasteiger charge is -2.15. The summed E-state index contributed by atoms with van der Waals surface area (Å²) in [7, 11) is 1.63. The third kappa shape index (κ3) is 4.14. The van der Waals surface area contributed by atoms with E-state index in [2.05, 4.69) is 35.8 Å². The third-order valence-electron chi connectivity index (χ3n) is 3.21. The van der Waals surface area contributed by atoms with Crippen molar-refractivity contribution in [2.45, 2.75) is 26.4 Å². The molecule has 0 saturated carbocycles. The molecule has 2 aromatic carbocycles. The van der Waals surface area contributed by atoms with Gasteiger partial charge in [-0.25, -0.2) is 0 Å². The highest BCUT2D eigenvalue weighted by Crippen LogP contribution is 2.30. The van der Waals surface area contributed by atoms with E-state index in [1.165, 1.54) is 5.56 Å². The molecule has 0 bridgehead atoms. The number of benzene rings is 2. The van der Waals surface area contributed by atoms with Gasteiger partial charge >= 0.3 is 0 Å². The topological polar surface area (TPSA) is 44.5 Å². The van der Waals surface area contributed by atoms with Crippen molar-refractivity contribution in [2.24, 2.45) is 0 Å². The molecule has 21 heavy (non-hydrogen) atoms. The summed E-state index contributed by atoms with van der Waals surface area (Å²) in [5.41, 5.74) is 8.71. The first-order valence-corrected chi connectivity index (χ1v) is 7.64. The molecule has 2 rings (SSSR count). The van der Waals surface area contributed by atoms with E-state index in [-0.39, 0.29) is 0 Å². The number of ether oxygens (including phenoxy) is 2. The molecule has 0 saturated heterocycles. The first-order chi connectivity index (χ1) is 9.99. The Hall–Kier alpha value is -1.68. The molecule has 2 aromatic rings. The molecule has 0 amide bonds. The standard InChI is InChI=1S/C17H20BrNO2/c1-11(2)16-8-13(18)4-5-17(16)21-10-12-6-14(19)9-15(7-12)20-3/h4-9,11H,10,19H2,1-3H3. The van der Waals surface area contributed by atoms with Gasteiger partial charge in [0.1, 0.15) is 18.1 Å². The Kier molecular flexibility index (Phi) is 5.12. The Bertz CT molecular complexity index is 626. The lowest BCUT2D eigenvalue weighted by atomic mass is 10.0. The molecule has 0 aromatic heterocycles. The van der Waals surface area contributed by atoms with Gasteiger partial charge in [0.15, 0.2) is 0 Å². The first-order valence-electron chi connectivity index (χ1n) is 6.85. The van der Waals surface area contributed by atoms with E-state index in [1.54, 1.807) is 13.2 Å². The van der Waals surface area contributed by atoms with Crippen molar-refractivity contribution in [3.63, 3.8) is 0 Å². The maximum atomic E-state index is 5.96. The molecule has 0 aliphatic rings. The van der Waals surface area contributed by atoms with Gasteiger partial charge in [-0.15, -0.1) is 0 Å². The molecule has 0 radical (unpaired) electrons. The van der Waals surface area contributed by atoms with Gasteiger partial charge in [0, 0.05) is 16.2 Å². The van der Waals surface area contributed by atoms with Gasteiger partial charge in [-0.1, -0.05) is 29.8 Å². The van der Waals surface area contributed by atoms with Crippen molar-refractivity contribution in [3.05, 3.63) is 52.0 Å². The van der Waals surface area contributed by atoms with Crippen LogP contribution < -0.4 is 15.2 Å². The van der Waals surface area contributed by atoms with E-state index in [9.17, 15) is 0 Å². The summed E-state index contributed by atoms with van der Waals surface area (Å²) in [6.07, 6.45) is 0. The second-order valence-corrected chi connectivity index (χ2v) is 6.16. The summed E-state index contributed by atoms with van der Waals surface area (Å²) < 4.78 is 12.2. The molecule has 2 N–H and O–H groups in total. The molecule has 0 spiro atoms. The van der Waals surface area contributed by atoms with Gasteiger partial charge in [-0.05, 0) is 47.4 Å². The van der Waals surface area contributed by atoms with Crippen molar-refractivity contribution in [2.75, 3.05) is 12.8 Å². The van der Waals surface area contributed by atoms with Gasteiger partial charge in [0.25, 0.3) is 0 Å². The van der Waals surface area contributed by atoms with Crippen molar-refractivity contribution in [3.8, 4) is 11.5 Å². The minimum absolute atomic E-state index is 0.396. The van der Waals surface area contributed by atoms with E-state index in [4.69, 9.17) is 15.2 Å². The summed E-state index contributed by atoms with van der Waals surface area (Å²) >= 11 is 3.50. The van der Waals surface area contributed by atoms with Crippen molar-refractivity contribution >= 4 is 21.6 Å². The van der Waals surface area contributed by atoms with E-state index in [1.807, 2.05) is 24.3 Å². The largest absolute Gasteiger partial charge is 0.497 e. The average Bonchev–Trinajstić information content (AvgIpc) is 2.45. The fraction of sp³-hybridized carbons (Fsp3) is 0.294. The number of anilines is 1. The minimum Gasteiger partial charge on any atom is -0.497 e. The fourth-order valence-electron chi connectivity index (χ4n) is 2.15. The van der Waals surface area contributed by atoms with Gasteiger partial charge in [0.2, 0.25) is 0 Å². The van der Waals surface area contributed by atoms with Crippen molar-refractivity contribution in [1.82, 2.24) is 0 Å². The molecule has 3 nitrogen and oxygen atoms in total. The number of halogens is 1. The predicted octanol–water partition coefficient (Wildman–Crippen LogP) is 4.74. The van der Waals surface area contributed by atoms with Gasteiger partial charge in [0.05, 0.1) is 7.11 Å². The highest BCUT2D eigenvalue weighted by Gasteiger charge is 2.09. The second-order valence-electron chi connectivity index (χ2n) is 5.24. The highest BCUT2D eigenvalue weighted by molar-refractivity contribution is 9.10. The van der Waals surface area contributed by atoms with Crippen LogP contribution in [0.3, 0.4) is 0 Å². The summed E-state index contributed by atoms with van der Waals surface area (Å²) in [5.74, 6) is 2.04. The van der Waals surface area contributed by atoms with E-state index in [0.717, 1.165) is 21.5 Å². The summed E-state index contributed by atoms with van der Waals surface area (Å²) in [6, 6.07) is 11.7. The number of rotatable bonds is 5. The second kappa shape index (κ2) is 6.85. The lowest BCUT2D eigenvalue weighted by molar-refractivity contribution is 0.301. The van der Waals surface area contributed by atoms with Gasteiger partial charge in [-0.3, -0.25) is 0 Å². The third-order valence-corrected chi connectivity index (χ3v) is 3.71. The molecule has 0 aliphatic heterocycles. The average molecular weight is 350 g/mol. The molecule has 0 unspecified atom stereocenters. The molecule has 0 fully saturated rings. The maximum absolute atomic E-state index is 5.96. The van der Waals surface area contributed by atoms with Gasteiger partial charge in [-0.2, -0.15) is 0 Å². The van der Waals surface area contributed by atoms with Crippen LogP contribution in [0, 0.1) is 0 Å². The monoisotopic (exact) mass is 349 g/mol. The van der Waals surface area contributed by atoms with E-state index in [0.29, 0.717) is 18.2 Å². The van der Waals surface area contributed by atoms with Crippen LogP contribution in [0.4, 0.5) is 5.69 Å². The Labute approximate surface area is 134 Å². The number of hydrogen-bond acceptors (Lipinski definition) is 3. The minimum atomic E-state index is 0.396. The number of nitrogen functional groups attached to an aromatic ring is 1. The quantitative estimate of drug-likeness (QED) is 0.792. The van der Waals surface area contributed by atoms with Gasteiger partial charge < -0.3 is 15.2 Å². The molecule has 0 aliphatic carbocycles. The summed E-state index contributed by atoms with van der Waals surface area (Å²) in [6.45, 7) is 4.76. The predicted molar refractivity (Wildman–Crippen MR) is 90.0 cm³/mol. The lowest BCUT2D eigenvalue weighted by Crippen LogP contribution is -2.01. The van der Waals surface area contributed by atoms with Crippen molar-refractivity contribution in [1.29, 1.82) is 0 Å². The number of hydrogen-bond donors (Lipinski definition) is 1. The normalized spacial score (nSPS) is 10.7. The SMILES string of the molecule is COc1cc(N)cc(COc2ccc(Br)cc2C(C)C)c1. The zero-order valence-electron chi connectivity index (χ0n) is 12.5. The smallest absolute Gasteiger partial charge is 0.123 e.